The Balaban J connectivity index is 2.44. The van der Waals surface area contributed by atoms with Gasteiger partial charge in [-0.1, -0.05) is 19.1 Å². The summed E-state index contributed by atoms with van der Waals surface area (Å²) in [5.74, 6) is 0.715. The van der Waals surface area contributed by atoms with Gasteiger partial charge in [-0.15, -0.1) is 0 Å². The molecule has 0 amide bonds. The first-order valence-electron chi connectivity index (χ1n) is 5.56. The van der Waals surface area contributed by atoms with Crippen LogP contribution in [0, 0.1) is 11.8 Å². The van der Waals surface area contributed by atoms with Gasteiger partial charge in [0.25, 0.3) is 0 Å². The number of carbonyl (C=O) groups is 1. The van der Waals surface area contributed by atoms with Crippen LogP contribution in [0.5, 0.6) is 0 Å². The van der Waals surface area contributed by atoms with E-state index in [1.165, 1.54) is 0 Å². The van der Waals surface area contributed by atoms with Crippen molar-refractivity contribution in [3.8, 4) is 0 Å². The van der Waals surface area contributed by atoms with E-state index in [2.05, 4.69) is 19.1 Å². The minimum atomic E-state index is -0.193. The lowest BCUT2D eigenvalue weighted by atomic mass is 9.89. The zero-order valence-electron chi connectivity index (χ0n) is 8.86. The summed E-state index contributed by atoms with van der Waals surface area (Å²) >= 11 is 0. The monoisotopic (exact) mass is 196 g/mol. The highest BCUT2D eigenvalue weighted by Gasteiger charge is 2.33. The van der Waals surface area contributed by atoms with Gasteiger partial charge in [0, 0.05) is 6.42 Å². The van der Waals surface area contributed by atoms with Crippen LogP contribution >= 0.6 is 0 Å². The quantitative estimate of drug-likeness (QED) is 0.541. The fraction of sp³-hybridized carbons (Fsp3) is 0.750. The van der Waals surface area contributed by atoms with E-state index < -0.39 is 0 Å². The third-order valence-corrected chi connectivity index (χ3v) is 3.14. The molecule has 0 aromatic carbocycles. The topological polar surface area (TPSA) is 37.3 Å². The van der Waals surface area contributed by atoms with E-state index in [0.29, 0.717) is 18.3 Å². The van der Waals surface area contributed by atoms with Crippen molar-refractivity contribution >= 4 is 6.29 Å². The Morgan fingerprint density at radius 3 is 2.71 bits per heavy atom. The van der Waals surface area contributed by atoms with Gasteiger partial charge in [-0.05, 0) is 37.5 Å². The smallest absolute Gasteiger partial charge is 0.120 e. The number of hydrogen-bond acceptors (Lipinski definition) is 2. The average Bonchev–Trinajstić information content (AvgIpc) is 2.50. The van der Waals surface area contributed by atoms with Crippen molar-refractivity contribution in [2.24, 2.45) is 11.8 Å². The van der Waals surface area contributed by atoms with Crippen LogP contribution in [0.2, 0.25) is 0 Å². The zero-order chi connectivity index (χ0) is 10.4. The largest absolute Gasteiger partial charge is 0.393 e. The number of aliphatic hydroxyl groups is 1. The molecule has 14 heavy (non-hydrogen) atoms. The van der Waals surface area contributed by atoms with Crippen molar-refractivity contribution in [3.05, 3.63) is 12.2 Å². The lowest BCUT2D eigenvalue weighted by Gasteiger charge is -2.18. The molecule has 1 saturated carbocycles. The van der Waals surface area contributed by atoms with Crippen molar-refractivity contribution in [1.82, 2.24) is 0 Å². The SMILES string of the molecule is CCC=CCC1C(O)CCC1CC=O. The molecular formula is C12H20O2. The van der Waals surface area contributed by atoms with Crippen LogP contribution in [0.25, 0.3) is 0 Å². The van der Waals surface area contributed by atoms with Crippen LogP contribution in [0.1, 0.15) is 39.0 Å². The molecule has 80 valence electrons. The molecule has 0 aliphatic heterocycles. The van der Waals surface area contributed by atoms with Gasteiger partial charge in [0.05, 0.1) is 6.10 Å². The van der Waals surface area contributed by atoms with Gasteiger partial charge >= 0.3 is 0 Å². The maximum atomic E-state index is 10.4. The summed E-state index contributed by atoms with van der Waals surface area (Å²) in [7, 11) is 0. The van der Waals surface area contributed by atoms with Gasteiger partial charge in [0.1, 0.15) is 6.29 Å². The van der Waals surface area contributed by atoms with Crippen LogP contribution < -0.4 is 0 Å². The van der Waals surface area contributed by atoms with Crippen LogP contribution in [0.15, 0.2) is 12.2 Å². The zero-order valence-corrected chi connectivity index (χ0v) is 8.86. The lowest BCUT2D eigenvalue weighted by Crippen LogP contribution is -2.18. The summed E-state index contributed by atoms with van der Waals surface area (Å²) in [5.41, 5.74) is 0. The molecule has 0 heterocycles. The second-order valence-electron chi connectivity index (χ2n) is 4.09. The van der Waals surface area contributed by atoms with E-state index in [1.54, 1.807) is 0 Å². The molecule has 1 aliphatic carbocycles. The lowest BCUT2D eigenvalue weighted by molar-refractivity contribution is -0.108. The van der Waals surface area contributed by atoms with Gasteiger partial charge in [0.2, 0.25) is 0 Å². The van der Waals surface area contributed by atoms with E-state index in [-0.39, 0.29) is 6.10 Å². The third-order valence-electron chi connectivity index (χ3n) is 3.14. The Morgan fingerprint density at radius 1 is 1.29 bits per heavy atom. The van der Waals surface area contributed by atoms with Crippen molar-refractivity contribution < 1.29 is 9.90 Å². The highest BCUT2D eigenvalue weighted by molar-refractivity contribution is 5.49. The summed E-state index contributed by atoms with van der Waals surface area (Å²) in [6, 6.07) is 0. The van der Waals surface area contributed by atoms with Gasteiger partial charge in [-0.25, -0.2) is 0 Å². The fourth-order valence-corrected chi connectivity index (χ4v) is 2.31. The average molecular weight is 196 g/mol. The second-order valence-corrected chi connectivity index (χ2v) is 4.09. The highest BCUT2D eigenvalue weighted by Crippen LogP contribution is 2.36. The van der Waals surface area contributed by atoms with E-state index in [4.69, 9.17) is 0 Å². The molecular weight excluding hydrogens is 176 g/mol. The number of allylic oxidation sites excluding steroid dienone is 2. The standard InChI is InChI=1S/C12H20O2/c1-2-3-4-5-11-10(8-9-13)6-7-12(11)14/h3-4,9-12,14H,2,5-8H2,1H3. The van der Waals surface area contributed by atoms with E-state index >= 15 is 0 Å². The number of aliphatic hydroxyl groups excluding tert-OH is 1. The number of carbonyl (C=O) groups excluding carboxylic acids is 1. The predicted molar refractivity (Wildman–Crippen MR) is 56.9 cm³/mol. The number of aldehydes is 1. The van der Waals surface area contributed by atoms with Crippen LogP contribution in [0.4, 0.5) is 0 Å². The Hall–Kier alpha value is -0.630. The Morgan fingerprint density at radius 2 is 2.07 bits per heavy atom. The van der Waals surface area contributed by atoms with Crippen LogP contribution in [-0.4, -0.2) is 17.5 Å². The number of rotatable bonds is 5. The van der Waals surface area contributed by atoms with E-state index in [9.17, 15) is 9.90 Å². The van der Waals surface area contributed by atoms with Gasteiger partial charge in [-0.2, -0.15) is 0 Å². The summed E-state index contributed by atoms with van der Waals surface area (Å²) in [6.45, 7) is 2.10. The predicted octanol–water partition coefficient (Wildman–Crippen LogP) is 2.32. The second kappa shape index (κ2) is 5.97. The van der Waals surface area contributed by atoms with Gasteiger partial charge in [-0.3, -0.25) is 0 Å². The van der Waals surface area contributed by atoms with E-state index in [1.807, 2.05) is 0 Å². The van der Waals surface area contributed by atoms with Crippen molar-refractivity contribution in [2.45, 2.75) is 45.1 Å². The minimum Gasteiger partial charge on any atom is -0.393 e. The maximum Gasteiger partial charge on any atom is 0.120 e. The maximum absolute atomic E-state index is 10.4. The molecule has 1 aliphatic rings. The molecule has 2 nitrogen and oxygen atoms in total. The van der Waals surface area contributed by atoms with Gasteiger partial charge in [0.15, 0.2) is 0 Å². The molecule has 0 radical (unpaired) electrons. The first-order valence-corrected chi connectivity index (χ1v) is 5.56. The van der Waals surface area contributed by atoms with Crippen LogP contribution in [0.3, 0.4) is 0 Å². The molecule has 0 bridgehead atoms. The number of hydrogen-bond donors (Lipinski definition) is 1. The highest BCUT2D eigenvalue weighted by atomic mass is 16.3. The molecule has 2 heteroatoms. The first kappa shape index (κ1) is 11.4. The summed E-state index contributed by atoms with van der Waals surface area (Å²) in [6.07, 6.45) is 9.50. The molecule has 1 fully saturated rings. The minimum absolute atomic E-state index is 0.193. The van der Waals surface area contributed by atoms with Crippen molar-refractivity contribution in [3.63, 3.8) is 0 Å². The third kappa shape index (κ3) is 2.95. The molecule has 0 saturated heterocycles. The van der Waals surface area contributed by atoms with Crippen molar-refractivity contribution in [1.29, 1.82) is 0 Å². The Labute approximate surface area is 86.0 Å². The summed E-state index contributed by atoms with van der Waals surface area (Å²) in [4.78, 5) is 10.4. The molecule has 3 unspecified atom stereocenters. The molecule has 0 spiro atoms. The molecule has 0 aromatic heterocycles. The fourth-order valence-electron chi connectivity index (χ4n) is 2.31. The summed E-state index contributed by atoms with van der Waals surface area (Å²) in [5, 5.41) is 9.74. The van der Waals surface area contributed by atoms with Gasteiger partial charge < -0.3 is 9.90 Å². The Bertz CT molecular complexity index is 198. The summed E-state index contributed by atoms with van der Waals surface area (Å²) < 4.78 is 0. The molecule has 1 rings (SSSR count). The van der Waals surface area contributed by atoms with Crippen LogP contribution in [-0.2, 0) is 4.79 Å². The normalized spacial score (nSPS) is 32.6. The first-order chi connectivity index (χ1) is 6.79. The molecule has 0 aromatic rings. The van der Waals surface area contributed by atoms with Crippen molar-refractivity contribution in [2.75, 3.05) is 0 Å². The molecule has 3 atom stereocenters. The van der Waals surface area contributed by atoms with E-state index in [0.717, 1.165) is 32.0 Å². The molecule has 1 N–H and O–H groups in total. The Kier molecular flexibility index (Phi) is 4.88.